The number of rotatable bonds is 2. The number of benzene rings is 2. The fraction of sp³-hybridized carbons (Fsp3) is 0. The molecule has 98 valence electrons. The number of hydrogen-bond donors (Lipinski definition) is 5. The molecule has 2 amide bonds. The van der Waals surface area contributed by atoms with Gasteiger partial charge in [0, 0.05) is 11.8 Å². The molecule has 0 aromatic heterocycles. The Balaban J connectivity index is 2.03. The number of aromatic hydroxyl groups is 3. The van der Waals surface area contributed by atoms with Crippen molar-refractivity contribution in [1.29, 1.82) is 0 Å². The minimum absolute atomic E-state index is 0.0954. The Bertz CT molecular complexity index is 596. The number of hydrogen-bond acceptors (Lipinski definition) is 4. The van der Waals surface area contributed by atoms with Crippen molar-refractivity contribution in [2.24, 2.45) is 0 Å². The molecule has 0 aliphatic heterocycles. The molecule has 0 aliphatic carbocycles. The van der Waals surface area contributed by atoms with Crippen LogP contribution in [0, 0.1) is 0 Å². The molecular weight excluding hydrogens is 248 g/mol. The van der Waals surface area contributed by atoms with E-state index < -0.39 is 6.03 Å². The van der Waals surface area contributed by atoms with Gasteiger partial charge in [0.2, 0.25) is 0 Å². The van der Waals surface area contributed by atoms with Crippen molar-refractivity contribution in [3.63, 3.8) is 0 Å². The van der Waals surface area contributed by atoms with Crippen molar-refractivity contribution in [1.82, 2.24) is 0 Å². The molecule has 0 bridgehead atoms. The minimum Gasteiger partial charge on any atom is -0.508 e. The van der Waals surface area contributed by atoms with E-state index >= 15 is 0 Å². The van der Waals surface area contributed by atoms with E-state index in [0.29, 0.717) is 5.69 Å². The first-order chi connectivity index (χ1) is 9.04. The fourth-order valence-electron chi connectivity index (χ4n) is 1.46. The van der Waals surface area contributed by atoms with Gasteiger partial charge in [-0.25, -0.2) is 4.79 Å². The molecule has 0 atom stereocenters. The van der Waals surface area contributed by atoms with E-state index in [1.807, 2.05) is 0 Å². The molecule has 0 heterocycles. The van der Waals surface area contributed by atoms with Crippen LogP contribution in [0.3, 0.4) is 0 Å². The summed E-state index contributed by atoms with van der Waals surface area (Å²) in [7, 11) is 0. The van der Waals surface area contributed by atoms with Gasteiger partial charge in [0.25, 0.3) is 0 Å². The molecule has 2 rings (SSSR count). The number of carbonyl (C=O) groups is 1. The van der Waals surface area contributed by atoms with Crippen LogP contribution in [0.2, 0.25) is 0 Å². The second-order valence-electron chi connectivity index (χ2n) is 3.83. The van der Waals surface area contributed by atoms with Crippen LogP contribution in [0.1, 0.15) is 0 Å². The number of nitrogens with one attached hydrogen (secondary N) is 2. The van der Waals surface area contributed by atoms with Crippen molar-refractivity contribution in [3.05, 3.63) is 42.5 Å². The van der Waals surface area contributed by atoms with Crippen LogP contribution in [-0.2, 0) is 0 Å². The lowest BCUT2D eigenvalue weighted by Crippen LogP contribution is -2.19. The zero-order chi connectivity index (χ0) is 13.8. The van der Waals surface area contributed by atoms with Crippen LogP contribution in [-0.4, -0.2) is 21.4 Å². The highest BCUT2D eigenvalue weighted by Gasteiger charge is 2.07. The predicted octanol–water partition coefficient (Wildman–Crippen LogP) is 2.45. The lowest BCUT2D eigenvalue weighted by atomic mass is 10.3. The summed E-state index contributed by atoms with van der Waals surface area (Å²) in [4.78, 5) is 11.6. The molecule has 0 saturated heterocycles. The zero-order valence-electron chi connectivity index (χ0n) is 9.79. The minimum atomic E-state index is -0.549. The molecule has 6 heteroatoms. The van der Waals surface area contributed by atoms with Crippen molar-refractivity contribution < 1.29 is 20.1 Å². The lowest BCUT2D eigenvalue weighted by molar-refractivity contribution is 0.262. The maximum atomic E-state index is 11.6. The first kappa shape index (κ1) is 12.6. The molecule has 5 N–H and O–H groups in total. The summed E-state index contributed by atoms with van der Waals surface area (Å²) in [6, 6.07) is 9.23. The highest BCUT2D eigenvalue weighted by Crippen LogP contribution is 2.27. The number of phenolic OH excluding ortho intramolecular Hbond substituents is 3. The molecule has 0 saturated carbocycles. The SMILES string of the molecule is O=C(Nc1ccc(O)cc1)Nc1ccc(O)cc1O. The summed E-state index contributed by atoms with van der Waals surface area (Å²) in [6.07, 6.45) is 0. The average Bonchev–Trinajstić information content (AvgIpc) is 2.36. The van der Waals surface area contributed by atoms with E-state index in [0.717, 1.165) is 6.07 Å². The third-order valence-corrected chi connectivity index (χ3v) is 2.35. The molecule has 0 fully saturated rings. The second-order valence-corrected chi connectivity index (χ2v) is 3.83. The molecule has 0 aliphatic rings. The maximum absolute atomic E-state index is 11.6. The van der Waals surface area contributed by atoms with E-state index in [9.17, 15) is 9.90 Å². The summed E-state index contributed by atoms with van der Waals surface area (Å²) in [5.41, 5.74) is 0.669. The van der Waals surface area contributed by atoms with Crippen LogP contribution in [0.5, 0.6) is 17.2 Å². The van der Waals surface area contributed by atoms with Crippen LogP contribution in [0.25, 0.3) is 0 Å². The standard InChI is InChI=1S/C13H12N2O4/c16-9-3-1-8(2-4-9)14-13(19)15-11-6-5-10(17)7-12(11)18/h1-7,16-18H,(H2,14,15,19). The van der Waals surface area contributed by atoms with Gasteiger partial charge < -0.3 is 26.0 Å². The number of phenols is 3. The third kappa shape index (κ3) is 3.29. The Morgan fingerprint density at radius 3 is 2.11 bits per heavy atom. The molecule has 19 heavy (non-hydrogen) atoms. The monoisotopic (exact) mass is 260 g/mol. The van der Waals surface area contributed by atoms with Crippen LogP contribution in [0.15, 0.2) is 42.5 Å². The van der Waals surface area contributed by atoms with Crippen LogP contribution in [0.4, 0.5) is 16.2 Å². The van der Waals surface area contributed by atoms with Crippen LogP contribution >= 0.6 is 0 Å². The Morgan fingerprint density at radius 2 is 1.47 bits per heavy atom. The summed E-state index contributed by atoms with van der Waals surface area (Å²) in [6.45, 7) is 0. The summed E-state index contributed by atoms with van der Waals surface area (Å²) >= 11 is 0. The van der Waals surface area contributed by atoms with E-state index in [4.69, 9.17) is 10.2 Å². The highest BCUT2D eigenvalue weighted by atomic mass is 16.3. The van der Waals surface area contributed by atoms with Crippen LogP contribution < -0.4 is 10.6 Å². The Hall–Kier alpha value is -2.89. The van der Waals surface area contributed by atoms with Crippen molar-refractivity contribution >= 4 is 17.4 Å². The summed E-state index contributed by atoms with van der Waals surface area (Å²) in [5, 5.41) is 32.7. The molecule has 0 radical (unpaired) electrons. The van der Waals surface area contributed by atoms with Gasteiger partial charge in [-0.2, -0.15) is 0 Å². The fourth-order valence-corrected chi connectivity index (χ4v) is 1.46. The first-order valence-electron chi connectivity index (χ1n) is 5.43. The van der Waals surface area contributed by atoms with Gasteiger partial charge in [0.15, 0.2) is 0 Å². The Labute approximate surface area is 108 Å². The van der Waals surface area contributed by atoms with Crippen molar-refractivity contribution in [2.45, 2.75) is 0 Å². The number of amides is 2. The van der Waals surface area contributed by atoms with Gasteiger partial charge in [0.05, 0.1) is 5.69 Å². The predicted molar refractivity (Wildman–Crippen MR) is 70.5 cm³/mol. The third-order valence-electron chi connectivity index (χ3n) is 2.35. The Morgan fingerprint density at radius 1 is 0.842 bits per heavy atom. The zero-order valence-corrected chi connectivity index (χ0v) is 9.79. The van der Waals surface area contributed by atoms with E-state index in [-0.39, 0.29) is 22.9 Å². The van der Waals surface area contributed by atoms with Crippen molar-refractivity contribution in [2.75, 3.05) is 10.6 Å². The van der Waals surface area contributed by atoms with E-state index in [1.165, 1.54) is 36.4 Å². The first-order valence-corrected chi connectivity index (χ1v) is 5.43. The molecule has 0 unspecified atom stereocenters. The molecule has 0 spiro atoms. The molecule has 2 aromatic rings. The molecular formula is C13H12N2O4. The van der Waals surface area contributed by atoms with Gasteiger partial charge in [-0.15, -0.1) is 0 Å². The quantitative estimate of drug-likeness (QED) is 0.422. The smallest absolute Gasteiger partial charge is 0.323 e. The van der Waals surface area contributed by atoms with Gasteiger partial charge in [-0.05, 0) is 36.4 Å². The Kier molecular flexibility index (Phi) is 3.42. The molecule has 6 nitrogen and oxygen atoms in total. The van der Waals surface area contributed by atoms with E-state index in [2.05, 4.69) is 10.6 Å². The van der Waals surface area contributed by atoms with Gasteiger partial charge in [0.1, 0.15) is 17.2 Å². The lowest BCUT2D eigenvalue weighted by Gasteiger charge is -2.09. The van der Waals surface area contributed by atoms with E-state index in [1.54, 1.807) is 0 Å². The number of anilines is 2. The van der Waals surface area contributed by atoms with Gasteiger partial charge in [-0.3, -0.25) is 0 Å². The summed E-state index contributed by atoms with van der Waals surface area (Å²) in [5.74, 6) is -0.231. The molecule has 2 aromatic carbocycles. The normalized spacial score (nSPS) is 9.89. The average molecular weight is 260 g/mol. The highest BCUT2D eigenvalue weighted by molar-refractivity contribution is 6.00. The topological polar surface area (TPSA) is 102 Å². The number of carbonyl (C=O) groups excluding carboxylic acids is 1. The number of urea groups is 1. The second kappa shape index (κ2) is 5.18. The van der Waals surface area contributed by atoms with Crippen molar-refractivity contribution in [3.8, 4) is 17.2 Å². The summed E-state index contributed by atoms with van der Waals surface area (Å²) < 4.78 is 0. The largest absolute Gasteiger partial charge is 0.508 e. The van der Waals surface area contributed by atoms with Gasteiger partial charge >= 0.3 is 6.03 Å². The maximum Gasteiger partial charge on any atom is 0.323 e. The van der Waals surface area contributed by atoms with Gasteiger partial charge in [-0.1, -0.05) is 0 Å².